The van der Waals surface area contributed by atoms with Crippen molar-refractivity contribution in [1.82, 2.24) is 19.7 Å². The first-order chi connectivity index (χ1) is 18.6. The number of nitrogens with one attached hydrogen (secondary N) is 1. The van der Waals surface area contributed by atoms with Crippen LogP contribution in [-0.4, -0.2) is 52.4 Å². The summed E-state index contributed by atoms with van der Waals surface area (Å²) in [6.07, 6.45) is 0. The van der Waals surface area contributed by atoms with Gasteiger partial charge in [0.15, 0.2) is 25.9 Å². The number of nitrogens with zero attached hydrogens (tertiary/aromatic N) is 4. The molecule has 2 aromatic heterocycles. The van der Waals surface area contributed by atoms with Gasteiger partial charge in [-0.1, -0.05) is 73.3 Å². The van der Waals surface area contributed by atoms with Crippen LogP contribution in [0.25, 0.3) is 5.69 Å². The van der Waals surface area contributed by atoms with Crippen LogP contribution in [-0.2, 0) is 25.1 Å². The van der Waals surface area contributed by atoms with Crippen molar-refractivity contribution in [2.75, 3.05) is 17.7 Å². The van der Waals surface area contributed by atoms with E-state index >= 15 is 0 Å². The van der Waals surface area contributed by atoms with Crippen molar-refractivity contribution in [3.8, 4) is 5.69 Å². The number of aryl methyl sites for hydroxylation is 1. The standard InChI is InChI=1S/C26H27N5O5S3/c1-17(2)14-36-24(33)23-18(3)27-25(38-23)28-22(32)15-37-26-30-29-21(31(26)19-10-6-4-7-11-19)16-39(34,35)20-12-8-5-9-13-20/h4-13,17H,14-16H2,1-3H3,(H,27,28,32). The second kappa shape index (κ2) is 12.5. The van der Waals surface area contributed by atoms with Crippen LogP contribution >= 0.6 is 23.1 Å². The van der Waals surface area contributed by atoms with Gasteiger partial charge in [-0.15, -0.1) is 10.2 Å². The number of esters is 1. The number of ether oxygens (including phenoxy) is 1. The topological polar surface area (TPSA) is 133 Å². The Morgan fingerprint density at radius 3 is 2.38 bits per heavy atom. The van der Waals surface area contributed by atoms with Crippen LogP contribution in [0.5, 0.6) is 0 Å². The van der Waals surface area contributed by atoms with Crippen LogP contribution in [0.15, 0.2) is 70.7 Å². The number of anilines is 1. The van der Waals surface area contributed by atoms with Gasteiger partial charge in [-0.05, 0) is 37.1 Å². The Hall–Kier alpha value is -3.55. The molecule has 13 heteroatoms. The lowest BCUT2D eigenvalue weighted by molar-refractivity contribution is -0.113. The molecule has 0 radical (unpaired) electrons. The molecule has 4 rings (SSSR count). The number of thioether (sulfide) groups is 1. The van der Waals surface area contributed by atoms with E-state index in [2.05, 4.69) is 20.5 Å². The van der Waals surface area contributed by atoms with E-state index in [1.54, 1.807) is 29.7 Å². The van der Waals surface area contributed by atoms with Gasteiger partial charge in [0.1, 0.15) is 10.6 Å². The van der Waals surface area contributed by atoms with Crippen LogP contribution in [0.3, 0.4) is 0 Å². The summed E-state index contributed by atoms with van der Waals surface area (Å²) in [7, 11) is -3.68. The fourth-order valence-corrected chi connectivity index (χ4v) is 6.35. The van der Waals surface area contributed by atoms with Crippen LogP contribution in [0.1, 0.15) is 35.0 Å². The molecular weight excluding hydrogens is 559 g/mol. The highest BCUT2D eigenvalue weighted by atomic mass is 32.2. The van der Waals surface area contributed by atoms with Crippen molar-refractivity contribution in [3.05, 3.63) is 77.1 Å². The van der Waals surface area contributed by atoms with Gasteiger partial charge < -0.3 is 10.1 Å². The molecule has 1 amide bonds. The molecule has 0 spiro atoms. The molecule has 2 heterocycles. The van der Waals surface area contributed by atoms with Gasteiger partial charge in [-0.2, -0.15) is 0 Å². The zero-order valence-corrected chi connectivity index (χ0v) is 24.0. The van der Waals surface area contributed by atoms with Crippen LogP contribution in [0.2, 0.25) is 0 Å². The molecule has 2 aromatic carbocycles. The van der Waals surface area contributed by atoms with Gasteiger partial charge in [-0.3, -0.25) is 9.36 Å². The molecule has 0 atom stereocenters. The van der Waals surface area contributed by atoms with Crippen LogP contribution in [0.4, 0.5) is 5.13 Å². The number of carbonyl (C=O) groups is 2. The van der Waals surface area contributed by atoms with Crippen molar-refractivity contribution < 1.29 is 22.7 Å². The van der Waals surface area contributed by atoms with E-state index < -0.39 is 15.8 Å². The van der Waals surface area contributed by atoms with Gasteiger partial charge in [0.05, 0.1) is 22.9 Å². The molecule has 0 aliphatic heterocycles. The molecule has 0 aliphatic carbocycles. The first kappa shape index (κ1) is 28.5. The number of aromatic nitrogens is 4. The Morgan fingerprint density at radius 1 is 1.05 bits per heavy atom. The summed E-state index contributed by atoms with van der Waals surface area (Å²) in [6, 6.07) is 17.2. The largest absolute Gasteiger partial charge is 0.461 e. The molecule has 0 bridgehead atoms. The third-order valence-electron chi connectivity index (χ3n) is 5.24. The predicted molar refractivity (Wildman–Crippen MR) is 150 cm³/mol. The van der Waals surface area contributed by atoms with E-state index in [1.165, 1.54) is 12.1 Å². The summed E-state index contributed by atoms with van der Waals surface area (Å²) in [6.45, 7) is 5.87. The lowest BCUT2D eigenvalue weighted by atomic mass is 10.2. The Labute approximate surface area is 234 Å². The number of benzene rings is 2. The Bertz CT molecular complexity index is 1550. The molecule has 0 saturated carbocycles. The second-order valence-corrected chi connectivity index (χ2v) is 12.8. The summed E-state index contributed by atoms with van der Waals surface area (Å²) in [5.41, 5.74) is 1.15. The van der Waals surface area contributed by atoms with Crippen molar-refractivity contribution >= 4 is 49.9 Å². The maximum absolute atomic E-state index is 13.0. The summed E-state index contributed by atoms with van der Waals surface area (Å²) in [5, 5.41) is 11.7. The van der Waals surface area contributed by atoms with E-state index in [-0.39, 0.29) is 39.2 Å². The molecule has 39 heavy (non-hydrogen) atoms. The lowest BCUT2D eigenvalue weighted by Crippen LogP contribution is -2.15. The minimum absolute atomic E-state index is 0.0395. The highest BCUT2D eigenvalue weighted by molar-refractivity contribution is 7.99. The monoisotopic (exact) mass is 585 g/mol. The number of amides is 1. The first-order valence-electron chi connectivity index (χ1n) is 12.0. The summed E-state index contributed by atoms with van der Waals surface area (Å²) in [4.78, 5) is 29.8. The molecule has 4 aromatic rings. The van der Waals surface area contributed by atoms with E-state index in [1.807, 2.05) is 44.2 Å². The SMILES string of the molecule is Cc1nc(NC(=O)CSc2nnc(CS(=O)(=O)c3ccccc3)n2-c2ccccc2)sc1C(=O)OCC(C)C. The van der Waals surface area contributed by atoms with E-state index in [9.17, 15) is 18.0 Å². The van der Waals surface area contributed by atoms with Gasteiger partial charge in [0.25, 0.3) is 0 Å². The van der Waals surface area contributed by atoms with Gasteiger partial charge in [0.2, 0.25) is 5.91 Å². The number of para-hydroxylation sites is 1. The molecule has 204 valence electrons. The molecular formula is C26H27N5O5S3. The number of hydrogen-bond acceptors (Lipinski definition) is 10. The number of thiazole rings is 1. The Kier molecular flexibility index (Phi) is 9.15. The van der Waals surface area contributed by atoms with Gasteiger partial charge in [0, 0.05) is 5.69 Å². The highest BCUT2D eigenvalue weighted by Gasteiger charge is 2.23. The minimum atomic E-state index is -3.68. The zero-order valence-electron chi connectivity index (χ0n) is 21.5. The number of carbonyl (C=O) groups excluding carboxylic acids is 2. The van der Waals surface area contributed by atoms with Crippen LogP contribution in [0, 0.1) is 12.8 Å². The summed E-state index contributed by atoms with van der Waals surface area (Å²) >= 11 is 2.16. The summed E-state index contributed by atoms with van der Waals surface area (Å²) < 4.78 is 33.0. The molecule has 1 N–H and O–H groups in total. The van der Waals surface area contributed by atoms with E-state index in [4.69, 9.17) is 4.74 Å². The normalized spacial score (nSPS) is 11.5. The van der Waals surface area contributed by atoms with Crippen molar-refractivity contribution in [2.45, 2.75) is 36.6 Å². The predicted octanol–water partition coefficient (Wildman–Crippen LogP) is 4.55. The smallest absolute Gasteiger partial charge is 0.350 e. The average molecular weight is 586 g/mol. The van der Waals surface area contributed by atoms with Gasteiger partial charge in [-0.25, -0.2) is 18.2 Å². The van der Waals surface area contributed by atoms with Crippen LogP contribution < -0.4 is 5.32 Å². The fraction of sp³-hybridized carbons (Fsp3) is 0.269. The fourth-order valence-electron chi connectivity index (χ4n) is 3.44. The Balaban J connectivity index is 1.48. The second-order valence-electron chi connectivity index (χ2n) is 8.90. The van der Waals surface area contributed by atoms with Crippen molar-refractivity contribution in [1.29, 1.82) is 0 Å². The molecule has 0 aliphatic rings. The zero-order chi connectivity index (χ0) is 28.0. The van der Waals surface area contributed by atoms with Crippen molar-refractivity contribution in [2.24, 2.45) is 5.92 Å². The molecule has 0 saturated heterocycles. The molecule has 0 fully saturated rings. The molecule has 10 nitrogen and oxygen atoms in total. The minimum Gasteiger partial charge on any atom is -0.461 e. The van der Waals surface area contributed by atoms with E-state index in [0.29, 0.717) is 28.0 Å². The number of sulfone groups is 1. The summed E-state index contributed by atoms with van der Waals surface area (Å²) in [5.74, 6) is -0.801. The number of hydrogen-bond donors (Lipinski definition) is 1. The van der Waals surface area contributed by atoms with E-state index in [0.717, 1.165) is 23.1 Å². The maximum atomic E-state index is 13.0. The highest BCUT2D eigenvalue weighted by Crippen LogP contribution is 2.27. The Morgan fingerprint density at radius 2 is 1.72 bits per heavy atom. The third kappa shape index (κ3) is 7.31. The van der Waals surface area contributed by atoms with Crippen molar-refractivity contribution in [3.63, 3.8) is 0 Å². The maximum Gasteiger partial charge on any atom is 0.350 e. The number of rotatable bonds is 11. The average Bonchev–Trinajstić information content (AvgIpc) is 3.49. The lowest BCUT2D eigenvalue weighted by Gasteiger charge is -2.10. The third-order valence-corrected chi connectivity index (χ3v) is 8.86. The first-order valence-corrected chi connectivity index (χ1v) is 15.4. The van der Waals surface area contributed by atoms with Gasteiger partial charge >= 0.3 is 5.97 Å². The molecule has 0 unspecified atom stereocenters. The quantitative estimate of drug-likeness (QED) is 0.199.